The van der Waals surface area contributed by atoms with Crippen molar-refractivity contribution in [3.8, 4) is 50.6 Å². The van der Waals surface area contributed by atoms with Crippen LogP contribution in [0.25, 0.3) is 50.1 Å². The molecular weight excluding hydrogens is 530 g/mol. The molecule has 44 heavy (non-hydrogen) atoms. The molecule has 2 aliphatic carbocycles. The van der Waals surface area contributed by atoms with Crippen LogP contribution >= 0.6 is 0 Å². The first-order valence-electron chi connectivity index (χ1n) is 15.0. The van der Waals surface area contributed by atoms with E-state index in [1.165, 1.54) is 55.6 Å². The number of fused-ring (bicyclic) bond motifs is 10. The minimum absolute atomic E-state index is 0.374. The van der Waals surface area contributed by atoms with Gasteiger partial charge in [-0.05, 0) is 109 Å². The van der Waals surface area contributed by atoms with Gasteiger partial charge >= 0.3 is 0 Å². The van der Waals surface area contributed by atoms with Gasteiger partial charge in [-0.15, -0.1) is 0 Å². The summed E-state index contributed by atoms with van der Waals surface area (Å²) in [5, 5.41) is 9.28. The number of rotatable bonds is 4. The van der Waals surface area contributed by atoms with Gasteiger partial charge in [-0.3, -0.25) is 0 Å². The van der Waals surface area contributed by atoms with E-state index >= 15 is 0 Å². The number of hydrogen-bond donors (Lipinski definition) is 0. The second-order valence-corrected chi connectivity index (χ2v) is 11.8. The van der Waals surface area contributed by atoms with E-state index in [1.54, 1.807) is 0 Å². The van der Waals surface area contributed by atoms with Gasteiger partial charge < -0.3 is 0 Å². The molecule has 206 valence electrons. The van der Waals surface area contributed by atoms with Crippen LogP contribution in [0.2, 0.25) is 0 Å². The van der Waals surface area contributed by atoms with Gasteiger partial charge in [0.05, 0.1) is 11.5 Å². The van der Waals surface area contributed by atoms with Gasteiger partial charge in [0.1, 0.15) is 0 Å². The zero-order valence-corrected chi connectivity index (χ0v) is 24.5. The second kappa shape index (κ2) is 9.94. The fourth-order valence-electron chi connectivity index (χ4n) is 7.41. The second-order valence-electron chi connectivity index (χ2n) is 11.8. The Labute approximate surface area is 258 Å². The van der Waals surface area contributed by atoms with Crippen molar-refractivity contribution in [1.29, 1.82) is 5.26 Å². The van der Waals surface area contributed by atoms with E-state index in [0.717, 1.165) is 22.3 Å². The molecule has 8 rings (SSSR count). The maximum Gasteiger partial charge on any atom is 0.0944 e. The number of nitrogens with zero attached hydrogens (tertiary/aromatic N) is 1. The molecule has 6 aromatic carbocycles. The number of nitriles is 1. The molecular formula is C43H29N. The van der Waals surface area contributed by atoms with Crippen LogP contribution in [0.4, 0.5) is 0 Å². The van der Waals surface area contributed by atoms with E-state index in [2.05, 4.69) is 152 Å². The summed E-state index contributed by atoms with van der Waals surface area (Å²) in [6.45, 7) is 6.05. The van der Waals surface area contributed by atoms with Crippen LogP contribution < -0.4 is 0 Å². The fourth-order valence-corrected chi connectivity index (χ4v) is 7.41. The standard InChI is InChI=1S/C43H29N/c1-28(27-44)23-29(2)31-13-10-14-32(24-31)34-20-22-42-38(26-34)37-25-33(30-11-4-3-5-12-30)19-21-41(37)43(42)39-17-8-6-15-35(39)36-16-7-9-18-40(36)43/h3-26H,2H2,1H3/b28-23+. The molecule has 0 bridgehead atoms. The molecule has 0 N–H and O–H groups in total. The van der Waals surface area contributed by atoms with Crippen molar-refractivity contribution in [3.63, 3.8) is 0 Å². The zero-order chi connectivity index (χ0) is 29.8. The summed E-state index contributed by atoms with van der Waals surface area (Å²) >= 11 is 0. The minimum atomic E-state index is -0.374. The molecule has 0 amide bonds. The van der Waals surface area contributed by atoms with E-state index in [0.29, 0.717) is 5.57 Å². The molecule has 1 nitrogen and oxygen atoms in total. The molecule has 0 heterocycles. The molecule has 1 spiro atoms. The average Bonchev–Trinajstić information content (AvgIpc) is 3.55. The largest absolute Gasteiger partial charge is 0.193 e. The molecule has 0 aromatic heterocycles. The van der Waals surface area contributed by atoms with Crippen LogP contribution in [-0.4, -0.2) is 0 Å². The molecule has 0 fully saturated rings. The van der Waals surface area contributed by atoms with E-state index in [-0.39, 0.29) is 5.41 Å². The predicted molar refractivity (Wildman–Crippen MR) is 182 cm³/mol. The topological polar surface area (TPSA) is 23.8 Å². The highest BCUT2D eigenvalue weighted by molar-refractivity contribution is 5.97. The number of hydrogen-bond acceptors (Lipinski definition) is 1. The summed E-state index contributed by atoms with van der Waals surface area (Å²) in [6, 6.07) is 53.2. The first-order valence-corrected chi connectivity index (χ1v) is 15.0. The normalized spacial score (nSPS) is 13.5. The lowest BCUT2D eigenvalue weighted by Crippen LogP contribution is -2.25. The average molecular weight is 560 g/mol. The van der Waals surface area contributed by atoms with Crippen LogP contribution in [-0.2, 0) is 5.41 Å². The van der Waals surface area contributed by atoms with Crippen molar-refractivity contribution in [3.05, 3.63) is 186 Å². The predicted octanol–water partition coefficient (Wildman–Crippen LogP) is 10.8. The summed E-state index contributed by atoms with van der Waals surface area (Å²) < 4.78 is 0. The van der Waals surface area contributed by atoms with Crippen molar-refractivity contribution in [1.82, 2.24) is 0 Å². The van der Waals surface area contributed by atoms with E-state index < -0.39 is 0 Å². The summed E-state index contributed by atoms with van der Waals surface area (Å²) in [5.74, 6) is 0. The number of benzene rings is 6. The zero-order valence-electron chi connectivity index (χ0n) is 24.5. The van der Waals surface area contributed by atoms with Gasteiger partial charge in [-0.1, -0.05) is 128 Å². The van der Waals surface area contributed by atoms with Gasteiger partial charge in [-0.2, -0.15) is 5.26 Å². The van der Waals surface area contributed by atoms with E-state index in [4.69, 9.17) is 0 Å². The highest BCUT2D eigenvalue weighted by atomic mass is 14.5. The lowest BCUT2D eigenvalue weighted by Gasteiger charge is -2.30. The Morgan fingerprint density at radius 3 is 1.66 bits per heavy atom. The van der Waals surface area contributed by atoms with E-state index in [9.17, 15) is 5.26 Å². The van der Waals surface area contributed by atoms with Crippen LogP contribution in [0.5, 0.6) is 0 Å². The first kappa shape index (κ1) is 26.0. The molecule has 0 saturated carbocycles. The third-order valence-electron chi connectivity index (χ3n) is 9.33. The van der Waals surface area contributed by atoms with Crippen LogP contribution in [0.1, 0.15) is 34.7 Å². The van der Waals surface area contributed by atoms with Gasteiger partial charge in [0.25, 0.3) is 0 Å². The Morgan fingerprint density at radius 2 is 1.05 bits per heavy atom. The van der Waals surface area contributed by atoms with Crippen LogP contribution in [0, 0.1) is 11.3 Å². The summed E-state index contributed by atoms with van der Waals surface area (Å²) in [6.07, 6.45) is 1.85. The lowest BCUT2D eigenvalue weighted by molar-refractivity contribution is 0.794. The number of allylic oxidation sites excluding steroid dienone is 3. The van der Waals surface area contributed by atoms with Crippen molar-refractivity contribution in [2.24, 2.45) is 0 Å². The Balaban J connectivity index is 1.38. The van der Waals surface area contributed by atoms with E-state index in [1.807, 2.05) is 13.0 Å². The maximum absolute atomic E-state index is 9.28. The smallest absolute Gasteiger partial charge is 0.0944 e. The molecule has 0 saturated heterocycles. The fraction of sp³-hybridized carbons (Fsp3) is 0.0465. The van der Waals surface area contributed by atoms with Gasteiger partial charge in [0, 0.05) is 5.57 Å². The first-order chi connectivity index (χ1) is 21.6. The Morgan fingerprint density at radius 1 is 0.545 bits per heavy atom. The van der Waals surface area contributed by atoms with Crippen LogP contribution in [0.15, 0.2) is 158 Å². The van der Waals surface area contributed by atoms with Crippen molar-refractivity contribution in [2.45, 2.75) is 12.3 Å². The maximum atomic E-state index is 9.28. The van der Waals surface area contributed by atoms with Crippen molar-refractivity contribution in [2.75, 3.05) is 0 Å². The SMILES string of the molecule is C=C(/C=C(\C)C#N)c1cccc(-c2ccc3c(c2)-c2cc(-c4ccccc4)ccc2C32c3ccccc3-c3ccccc32)c1. The third-order valence-corrected chi connectivity index (χ3v) is 9.33. The van der Waals surface area contributed by atoms with Gasteiger partial charge in [-0.25, -0.2) is 0 Å². The highest BCUT2D eigenvalue weighted by Gasteiger charge is 2.51. The Hall–Kier alpha value is -5.71. The van der Waals surface area contributed by atoms with Gasteiger partial charge in [0.2, 0.25) is 0 Å². The summed E-state index contributed by atoms with van der Waals surface area (Å²) in [4.78, 5) is 0. The third kappa shape index (κ3) is 3.72. The van der Waals surface area contributed by atoms with Gasteiger partial charge in [0.15, 0.2) is 0 Å². The van der Waals surface area contributed by atoms with Crippen molar-refractivity contribution < 1.29 is 0 Å². The monoisotopic (exact) mass is 559 g/mol. The molecule has 0 atom stereocenters. The summed E-state index contributed by atoms with van der Waals surface area (Å²) in [7, 11) is 0. The molecule has 1 heteroatoms. The van der Waals surface area contributed by atoms with Crippen molar-refractivity contribution >= 4 is 5.57 Å². The lowest BCUT2D eigenvalue weighted by atomic mass is 9.70. The Kier molecular flexibility index (Phi) is 5.86. The molecule has 0 unspecified atom stereocenters. The highest BCUT2D eigenvalue weighted by Crippen LogP contribution is 2.63. The molecule has 6 aromatic rings. The molecule has 0 aliphatic heterocycles. The molecule has 0 radical (unpaired) electrons. The Bertz CT molecular complexity index is 2160. The van der Waals surface area contributed by atoms with Crippen LogP contribution in [0.3, 0.4) is 0 Å². The quantitative estimate of drug-likeness (QED) is 0.155. The molecule has 2 aliphatic rings. The minimum Gasteiger partial charge on any atom is -0.193 e. The summed E-state index contributed by atoms with van der Waals surface area (Å²) in [5.41, 5.74) is 17.4.